The molecule has 3 aromatic rings. The Labute approximate surface area is 160 Å². The number of benzene rings is 3. The number of hydrogen-bond acceptors (Lipinski definition) is 3. The Morgan fingerprint density at radius 3 is 2.46 bits per heavy atom. The number of nitrogens with one attached hydrogen (secondary N) is 1. The number of para-hydroxylation sites is 1. The summed E-state index contributed by atoms with van der Waals surface area (Å²) in [5.41, 5.74) is 5.33. The van der Waals surface area contributed by atoms with Crippen LogP contribution in [0.5, 0.6) is 5.75 Å². The van der Waals surface area contributed by atoms with E-state index < -0.39 is 0 Å². The van der Waals surface area contributed by atoms with Gasteiger partial charge in [-0.3, -0.25) is 4.79 Å². The molecule has 26 heavy (non-hydrogen) atoms. The molecule has 4 nitrogen and oxygen atoms in total. The van der Waals surface area contributed by atoms with Crippen LogP contribution in [-0.2, 0) is 4.79 Å². The Bertz CT molecular complexity index is 911. The van der Waals surface area contributed by atoms with Crippen molar-refractivity contribution in [1.29, 1.82) is 0 Å². The van der Waals surface area contributed by atoms with Crippen LogP contribution in [0.3, 0.4) is 0 Å². The average Bonchev–Trinajstić information content (AvgIpc) is 2.69. The summed E-state index contributed by atoms with van der Waals surface area (Å²) in [4.78, 5) is 12.0. The van der Waals surface area contributed by atoms with Crippen LogP contribution in [-0.4, -0.2) is 18.7 Å². The zero-order chi connectivity index (χ0) is 18.2. The maximum atomic E-state index is 12.0. The molecule has 0 radical (unpaired) electrons. The molecule has 0 bridgehead atoms. The quantitative estimate of drug-likeness (QED) is 0.476. The van der Waals surface area contributed by atoms with Crippen molar-refractivity contribution in [2.75, 3.05) is 6.61 Å². The summed E-state index contributed by atoms with van der Waals surface area (Å²) in [6.07, 6.45) is 1.58. The Hall–Kier alpha value is -2.92. The van der Waals surface area contributed by atoms with Gasteiger partial charge in [0.15, 0.2) is 6.61 Å². The predicted molar refractivity (Wildman–Crippen MR) is 107 cm³/mol. The van der Waals surface area contributed by atoms with Crippen LogP contribution in [0.15, 0.2) is 88.4 Å². The number of carbonyl (C=O) groups excluding carboxylic acids is 1. The number of amides is 1. The average molecular weight is 409 g/mol. The van der Waals surface area contributed by atoms with E-state index in [1.807, 2.05) is 78.9 Å². The van der Waals surface area contributed by atoms with Crippen molar-refractivity contribution >= 4 is 28.1 Å². The van der Waals surface area contributed by atoms with Gasteiger partial charge in [-0.1, -0.05) is 82.7 Å². The van der Waals surface area contributed by atoms with Gasteiger partial charge in [-0.2, -0.15) is 5.10 Å². The molecule has 3 aromatic carbocycles. The molecule has 1 N–H and O–H groups in total. The molecule has 5 heteroatoms. The summed E-state index contributed by atoms with van der Waals surface area (Å²) < 4.78 is 6.59. The minimum atomic E-state index is -0.323. The number of hydrazone groups is 1. The van der Waals surface area contributed by atoms with Crippen LogP contribution in [0.2, 0.25) is 0 Å². The lowest BCUT2D eigenvalue weighted by atomic mass is 10.1. The van der Waals surface area contributed by atoms with Crippen molar-refractivity contribution in [3.8, 4) is 16.9 Å². The maximum absolute atomic E-state index is 12.0. The fourth-order valence-electron chi connectivity index (χ4n) is 2.38. The Morgan fingerprint density at radius 1 is 0.962 bits per heavy atom. The molecule has 0 heterocycles. The van der Waals surface area contributed by atoms with Crippen LogP contribution in [0, 0.1) is 0 Å². The molecule has 0 aliphatic rings. The zero-order valence-electron chi connectivity index (χ0n) is 13.9. The van der Waals surface area contributed by atoms with Gasteiger partial charge in [-0.05, 0) is 17.7 Å². The van der Waals surface area contributed by atoms with E-state index in [1.54, 1.807) is 6.21 Å². The van der Waals surface area contributed by atoms with E-state index in [1.165, 1.54) is 0 Å². The molecule has 130 valence electrons. The van der Waals surface area contributed by atoms with E-state index in [-0.39, 0.29) is 12.5 Å². The number of ether oxygens (including phenoxy) is 1. The molecule has 3 rings (SSSR count). The highest BCUT2D eigenvalue weighted by Gasteiger charge is 2.07. The van der Waals surface area contributed by atoms with Crippen LogP contribution >= 0.6 is 15.9 Å². The van der Waals surface area contributed by atoms with Crippen LogP contribution in [0.25, 0.3) is 11.1 Å². The van der Waals surface area contributed by atoms with E-state index in [9.17, 15) is 4.79 Å². The SMILES string of the molecule is O=C(COc1ccccc1-c1ccccc1)N/N=C\c1ccccc1Br. The van der Waals surface area contributed by atoms with E-state index in [0.29, 0.717) is 5.75 Å². The van der Waals surface area contributed by atoms with Crippen LogP contribution < -0.4 is 10.2 Å². The highest BCUT2D eigenvalue weighted by Crippen LogP contribution is 2.29. The number of rotatable bonds is 6. The van der Waals surface area contributed by atoms with Crippen molar-refractivity contribution in [3.05, 3.63) is 88.9 Å². The molecule has 0 aromatic heterocycles. The highest BCUT2D eigenvalue weighted by molar-refractivity contribution is 9.10. The van der Waals surface area contributed by atoms with E-state index in [4.69, 9.17) is 4.74 Å². The predicted octanol–water partition coefficient (Wildman–Crippen LogP) is 4.65. The van der Waals surface area contributed by atoms with Gasteiger partial charge in [-0.25, -0.2) is 5.43 Å². The molecule has 0 unspecified atom stereocenters. The molecule has 0 spiro atoms. The summed E-state index contributed by atoms with van der Waals surface area (Å²) in [5, 5.41) is 3.96. The third kappa shape index (κ3) is 4.80. The third-order valence-corrected chi connectivity index (χ3v) is 4.35. The van der Waals surface area contributed by atoms with Gasteiger partial charge in [0.2, 0.25) is 0 Å². The molecular formula is C21H17BrN2O2. The standard InChI is InChI=1S/C21H17BrN2O2/c22-19-12-6-4-10-17(19)14-23-24-21(25)15-26-20-13-7-5-11-18(20)16-8-2-1-3-9-16/h1-14H,15H2,(H,24,25)/b23-14-. The Balaban J connectivity index is 1.60. The first kappa shape index (κ1) is 17.9. The molecule has 0 aliphatic carbocycles. The normalized spacial score (nSPS) is 10.7. The monoisotopic (exact) mass is 408 g/mol. The summed E-state index contributed by atoms with van der Waals surface area (Å²) >= 11 is 3.43. The van der Waals surface area contributed by atoms with Crippen molar-refractivity contribution in [2.24, 2.45) is 5.10 Å². The van der Waals surface area contributed by atoms with E-state index in [2.05, 4.69) is 26.5 Å². The van der Waals surface area contributed by atoms with Gasteiger partial charge in [0.05, 0.1) is 6.21 Å². The fourth-order valence-corrected chi connectivity index (χ4v) is 2.77. The highest BCUT2D eigenvalue weighted by atomic mass is 79.9. The van der Waals surface area contributed by atoms with Gasteiger partial charge in [0, 0.05) is 15.6 Å². The molecule has 0 aliphatic heterocycles. The summed E-state index contributed by atoms with van der Waals surface area (Å²) in [6, 6.07) is 25.2. The number of halogens is 1. The lowest BCUT2D eigenvalue weighted by molar-refractivity contribution is -0.123. The number of nitrogens with zero attached hydrogens (tertiary/aromatic N) is 1. The second-order valence-corrected chi connectivity index (χ2v) is 6.32. The molecule has 0 fully saturated rings. The first-order valence-corrected chi connectivity index (χ1v) is 8.87. The summed E-state index contributed by atoms with van der Waals surface area (Å²) in [7, 11) is 0. The van der Waals surface area contributed by atoms with Crippen LogP contribution in [0.1, 0.15) is 5.56 Å². The van der Waals surface area contributed by atoms with Crippen molar-refractivity contribution < 1.29 is 9.53 Å². The molecular weight excluding hydrogens is 392 g/mol. The van der Waals surface area contributed by atoms with E-state index in [0.717, 1.165) is 21.2 Å². The van der Waals surface area contributed by atoms with Crippen molar-refractivity contribution in [2.45, 2.75) is 0 Å². The van der Waals surface area contributed by atoms with Gasteiger partial charge < -0.3 is 4.74 Å². The Morgan fingerprint density at radius 2 is 1.65 bits per heavy atom. The lowest BCUT2D eigenvalue weighted by Gasteiger charge is -2.10. The molecule has 0 saturated heterocycles. The minimum absolute atomic E-state index is 0.114. The summed E-state index contributed by atoms with van der Waals surface area (Å²) in [5.74, 6) is 0.333. The van der Waals surface area contributed by atoms with Gasteiger partial charge in [0.25, 0.3) is 5.91 Å². The number of hydrogen-bond donors (Lipinski definition) is 1. The minimum Gasteiger partial charge on any atom is -0.483 e. The Kier molecular flexibility index (Phi) is 6.17. The lowest BCUT2D eigenvalue weighted by Crippen LogP contribution is -2.24. The smallest absolute Gasteiger partial charge is 0.277 e. The van der Waals surface area contributed by atoms with Gasteiger partial charge >= 0.3 is 0 Å². The topological polar surface area (TPSA) is 50.7 Å². The fraction of sp³-hybridized carbons (Fsp3) is 0.0476. The van der Waals surface area contributed by atoms with Crippen molar-refractivity contribution in [3.63, 3.8) is 0 Å². The molecule has 1 amide bonds. The third-order valence-electron chi connectivity index (χ3n) is 3.63. The van der Waals surface area contributed by atoms with Crippen LogP contribution in [0.4, 0.5) is 0 Å². The molecule has 0 atom stereocenters. The zero-order valence-corrected chi connectivity index (χ0v) is 15.5. The summed E-state index contributed by atoms with van der Waals surface area (Å²) in [6.45, 7) is -0.114. The first-order valence-electron chi connectivity index (χ1n) is 8.08. The van der Waals surface area contributed by atoms with E-state index >= 15 is 0 Å². The van der Waals surface area contributed by atoms with Gasteiger partial charge in [0.1, 0.15) is 5.75 Å². The van der Waals surface area contributed by atoms with Crippen molar-refractivity contribution in [1.82, 2.24) is 5.43 Å². The number of carbonyl (C=O) groups is 1. The largest absolute Gasteiger partial charge is 0.483 e. The second kappa shape index (κ2) is 8.97. The first-order chi connectivity index (χ1) is 12.7. The maximum Gasteiger partial charge on any atom is 0.277 e. The molecule has 0 saturated carbocycles. The van der Waals surface area contributed by atoms with Gasteiger partial charge in [-0.15, -0.1) is 0 Å². The second-order valence-electron chi connectivity index (χ2n) is 5.47.